The molecular formula is C12H12ClN3O. The Bertz CT molecular complexity index is 496. The maximum atomic E-state index is 6.09. The Morgan fingerprint density at radius 3 is 2.82 bits per heavy atom. The van der Waals surface area contributed by atoms with Gasteiger partial charge in [-0.2, -0.15) is 0 Å². The van der Waals surface area contributed by atoms with Crippen LogP contribution in [0.1, 0.15) is 18.6 Å². The number of halogens is 1. The molecule has 0 bridgehead atoms. The fourth-order valence-electron chi connectivity index (χ4n) is 1.84. The average Bonchev–Trinajstić information content (AvgIpc) is 3.05. The Morgan fingerprint density at radius 2 is 2.18 bits per heavy atom. The predicted octanol–water partition coefficient (Wildman–Crippen LogP) is 2.89. The van der Waals surface area contributed by atoms with Gasteiger partial charge in [-0.05, 0) is 25.0 Å². The van der Waals surface area contributed by atoms with Gasteiger partial charge in [0.05, 0.1) is 12.8 Å². The third kappa shape index (κ3) is 2.26. The zero-order valence-electron chi connectivity index (χ0n) is 9.21. The molecule has 5 heteroatoms. The van der Waals surface area contributed by atoms with E-state index < -0.39 is 0 Å². The van der Waals surface area contributed by atoms with Crippen LogP contribution in [0.5, 0.6) is 0 Å². The summed E-state index contributed by atoms with van der Waals surface area (Å²) in [5.41, 5.74) is 0. The van der Waals surface area contributed by atoms with E-state index in [0.29, 0.717) is 17.7 Å². The summed E-state index contributed by atoms with van der Waals surface area (Å²) in [5.74, 6) is 1.66. The van der Waals surface area contributed by atoms with Crippen LogP contribution in [-0.4, -0.2) is 16.0 Å². The molecule has 1 aliphatic carbocycles. The molecule has 0 spiro atoms. The highest BCUT2D eigenvalue weighted by molar-refractivity contribution is 6.31. The van der Waals surface area contributed by atoms with Crippen LogP contribution in [-0.2, 0) is 6.54 Å². The molecule has 88 valence electrons. The van der Waals surface area contributed by atoms with Gasteiger partial charge in [-0.3, -0.25) is 0 Å². The summed E-state index contributed by atoms with van der Waals surface area (Å²) in [7, 11) is 0. The van der Waals surface area contributed by atoms with Gasteiger partial charge in [-0.1, -0.05) is 11.6 Å². The third-order valence-corrected chi connectivity index (χ3v) is 3.07. The van der Waals surface area contributed by atoms with E-state index in [2.05, 4.69) is 14.9 Å². The summed E-state index contributed by atoms with van der Waals surface area (Å²) in [5, 5.41) is 0.450. The van der Waals surface area contributed by atoms with Gasteiger partial charge in [0.2, 0.25) is 0 Å². The highest BCUT2D eigenvalue weighted by Crippen LogP contribution is 2.34. The molecule has 2 aromatic heterocycles. The lowest BCUT2D eigenvalue weighted by molar-refractivity contribution is 0.500. The van der Waals surface area contributed by atoms with Crippen LogP contribution in [0.4, 0.5) is 5.82 Å². The van der Waals surface area contributed by atoms with Crippen molar-refractivity contribution in [2.75, 3.05) is 4.90 Å². The standard InChI is InChI=1S/C12H12ClN3O/c13-11-12(15-6-5-14-11)16(9-3-4-9)8-10-2-1-7-17-10/h1-2,5-7,9H,3-4,8H2. The van der Waals surface area contributed by atoms with Crippen LogP contribution >= 0.6 is 11.6 Å². The molecule has 2 aromatic rings. The van der Waals surface area contributed by atoms with E-state index in [-0.39, 0.29) is 0 Å². The van der Waals surface area contributed by atoms with Gasteiger partial charge in [0.25, 0.3) is 0 Å². The summed E-state index contributed by atoms with van der Waals surface area (Å²) < 4.78 is 5.37. The summed E-state index contributed by atoms with van der Waals surface area (Å²) in [6, 6.07) is 4.35. The molecule has 0 atom stereocenters. The first kappa shape index (κ1) is 10.6. The Labute approximate surface area is 104 Å². The lowest BCUT2D eigenvalue weighted by Gasteiger charge is -2.22. The maximum absolute atomic E-state index is 6.09. The first-order valence-electron chi connectivity index (χ1n) is 5.60. The van der Waals surface area contributed by atoms with E-state index in [1.807, 2.05) is 12.1 Å². The summed E-state index contributed by atoms with van der Waals surface area (Å²) in [6.07, 6.45) is 7.29. The lowest BCUT2D eigenvalue weighted by Crippen LogP contribution is -2.26. The van der Waals surface area contributed by atoms with Crippen LogP contribution in [0.3, 0.4) is 0 Å². The molecule has 0 saturated heterocycles. The number of aromatic nitrogens is 2. The fraction of sp³-hybridized carbons (Fsp3) is 0.333. The van der Waals surface area contributed by atoms with Crippen molar-refractivity contribution in [1.82, 2.24) is 9.97 Å². The molecule has 17 heavy (non-hydrogen) atoms. The van der Waals surface area contributed by atoms with Crippen LogP contribution in [0.25, 0.3) is 0 Å². The SMILES string of the molecule is Clc1nccnc1N(Cc1ccco1)C1CC1. The molecule has 1 saturated carbocycles. The van der Waals surface area contributed by atoms with Crippen LogP contribution in [0, 0.1) is 0 Å². The van der Waals surface area contributed by atoms with Crippen LogP contribution < -0.4 is 4.90 Å². The second-order valence-corrected chi connectivity index (χ2v) is 4.47. The van der Waals surface area contributed by atoms with E-state index in [1.165, 1.54) is 12.8 Å². The van der Waals surface area contributed by atoms with Crippen molar-refractivity contribution in [1.29, 1.82) is 0 Å². The molecule has 3 rings (SSSR count). The lowest BCUT2D eigenvalue weighted by atomic mass is 10.3. The molecule has 0 radical (unpaired) electrons. The quantitative estimate of drug-likeness (QED) is 0.836. The average molecular weight is 250 g/mol. The molecule has 4 nitrogen and oxygen atoms in total. The monoisotopic (exact) mass is 249 g/mol. The number of nitrogens with zero attached hydrogens (tertiary/aromatic N) is 3. The number of hydrogen-bond acceptors (Lipinski definition) is 4. The van der Waals surface area contributed by atoms with E-state index in [4.69, 9.17) is 16.0 Å². The zero-order chi connectivity index (χ0) is 11.7. The molecule has 0 aromatic carbocycles. The van der Waals surface area contributed by atoms with Crippen LogP contribution in [0.2, 0.25) is 5.15 Å². The normalized spacial score (nSPS) is 14.9. The first-order chi connectivity index (χ1) is 8.34. The first-order valence-corrected chi connectivity index (χ1v) is 5.98. The molecular weight excluding hydrogens is 238 g/mol. The minimum atomic E-state index is 0.450. The highest BCUT2D eigenvalue weighted by Gasteiger charge is 2.32. The Balaban J connectivity index is 1.88. The van der Waals surface area contributed by atoms with E-state index in [9.17, 15) is 0 Å². The van der Waals surface area contributed by atoms with E-state index in [1.54, 1.807) is 18.7 Å². The number of furan rings is 1. The van der Waals surface area contributed by atoms with E-state index in [0.717, 1.165) is 11.6 Å². The van der Waals surface area contributed by atoms with Gasteiger partial charge < -0.3 is 9.32 Å². The fourth-order valence-corrected chi connectivity index (χ4v) is 2.05. The molecule has 2 heterocycles. The number of hydrogen-bond donors (Lipinski definition) is 0. The van der Waals surface area contributed by atoms with Gasteiger partial charge in [0.15, 0.2) is 11.0 Å². The Morgan fingerprint density at radius 1 is 1.35 bits per heavy atom. The molecule has 1 fully saturated rings. The van der Waals surface area contributed by atoms with Crippen molar-refractivity contribution in [2.45, 2.75) is 25.4 Å². The van der Waals surface area contributed by atoms with E-state index >= 15 is 0 Å². The maximum Gasteiger partial charge on any atom is 0.171 e. The smallest absolute Gasteiger partial charge is 0.171 e. The highest BCUT2D eigenvalue weighted by atomic mass is 35.5. The largest absolute Gasteiger partial charge is 0.467 e. The Kier molecular flexibility index (Phi) is 2.73. The summed E-state index contributed by atoms with van der Waals surface area (Å²) in [4.78, 5) is 10.5. The molecule has 0 N–H and O–H groups in total. The third-order valence-electron chi connectivity index (χ3n) is 2.80. The van der Waals surface area contributed by atoms with Crippen molar-refractivity contribution < 1.29 is 4.42 Å². The molecule has 0 unspecified atom stereocenters. The van der Waals surface area contributed by atoms with Crippen molar-refractivity contribution in [2.24, 2.45) is 0 Å². The van der Waals surface area contributed by atoms with Gasteiger partial charge >= 0.3 is 0 Å². The molecule has 1 aliphatic rings. The second kappa shape index (κ2) is 4.37. The van der Waals surface area contributed by atoms with Gasteiger partial charge in [0.1, 0.15) is 5.76 Å². The van der Waals surface area contributed by atoms with Gasteiger partial charge in [0, 0.05) is 18.4 Å². The van der Waals surface area contributed by atoms with Crippen molar-refractivity contribution >= 4 is 17.4 Å². The van der Waals surface area contributed by atoms with Crippen molar-refractivity contribution in [3.05, 3.63) is 41.7 Å². The number of rotatable bonds is 4. The minimum absolute atomic E-state index is 0.450. The van der Waals surface area contributed by atoms with Crippen LogP contribution in [0.15, 0.2) is 35.2 Å². The predicted molar refractivity (Wildman–Crippen MR) is 65.0 cm³/mol. The summed E-state index contributed by atoms with van der Waals surface area (Å²) in [6.45, 7) is 0.691. The van der Waals surface area contributed by atoms with Crippen molar-refractivity contribution in [3.8, 4) is 0 Å². The Hall–Kier alpha value is -1.55. The topological polar surface area (TPSA) is 42.2 Å². The molecule has 0 amide bonds. The minimum Gasteiger partial charge on any atom is -0.467 e. The summed E-state index contributed by atoms with van der Waals surface area (Å²) >= 11 is 6.09. The van der Waals surface area contributed by atoms with Gasteiger partial charge in [-0.15, -0.1) is 0 Å². The zero-order valence-corrected chi connectivity index (χ0v) is 9.97. The molecule has 0 aliphatic heterocycles. The van der Waals surface area contributed by atoms with Gasteiger partial charge in [-0.25, -0.2) is 9.97 Å². The second-order valence-electron chi connectivity index (χ2n) is 4.11. The van der Waals surface area contributed by atoms with Crippen molar-refractivity contribution in [3.63, 3.8) is 0 Å². The number of anilines is 1.